The first-order valence-corrected chi connectivity index (χ1v) is 6.39. The summed E-state index contributed by atoms with van der Waals surface area (Å²) in [6, 6.07) is 8.26. The second-order valence-electron chi connectivity index (χ2n) is 4.10. The predicted molar refractivity (Wildman–Crippen MR) is 68.5 cm³/mol. The zero-order chi connectivity index (χ0) is 11.4. The number of benzene rings is 1. The first-order chi connectivity index (χ1) is 7.06. The number of rotatable bonds is 4. The SMILES string of the molecule is CCC(C)c1ccc(C(O)C(C)Br)cc1. The molecule has 1 rings (SSSR count). The van der Waals surface area contributed by atoms with E-state index in [1.807, 2.05) is 19.1 Å². The standard InChI is InChI=1S/C13H19BrO/c1-4-9(2)11-5-7-12(8-6-11)13(15)10(3)14/h5-10,13,15H,4H2,1-3H3. The van der Waals surface area contributed by atoms with Crippen molar-refractivity contribution < 1.29 is 5.11 Å². The van der Waals surface area contributed by atoms with Crippen LogP contribution in [-0.4, -0.2) is 9.93 Å². The largest absolute Gasteiger partial charge is 0.387 e. The molecular weight excluding hydrogens is 252 g/mol. The maximum Gasteiger partial charge on any atom is 0.0912 e. The highest BCUT2D eigenvalue weighted by Crippen LogP contribution is 2.25. The van der Waals surface area contributed by atoms with Crippen molar-refractivity contribution in [2.75, 3.05) is 0 Å². The Kier molecular flexibility index (Phi) is 4.81. The van der Waals surface area contributed by atoms with Gasteiger partial charge in [0.05, 0.1) is 6.10 Å². The summed E-state index contributed by atoms with van der Waals surface area (Å²) < 4.78 is 0. The van der Waals surface area contributed by atoms with Crippen molar-refractivity contribution in [3.8, 4) is 0 Å². The Bertz CT molecular complexity index is 292. The van der Waals surface area contributed by atoms with E-state index >= 15 is 0 Å². The lowest BCUT2D eigenvalue weighted by atomic mass is 9.96. The Labute approximate surface area is 101 Å². The van der Waals surface area contributed by atoms with Gasteiger partial charge >= 0.3 is 0 Å². The summed E-state index contributed by atoms with van der Waals surface area (Å²) >= 11 is 3.39. The Morgan fingerprint density at radius 3 is 2.00 bits per heavy atom. The van der Waals surface area contributed by atoms with Crippen molar-refractivity contribution in [2.24, 2.45) is 0 Å². The van der Waals surface area contributed by atoms with Crippen molar-refractivity contribution in [1.82, 2.24) is 0 Å². The number of halogens is 1. The maximum atomic E-state index is 9.84. The highest BCUT2D eigenvalue weighted by molar-refractivity contribution is 9.09. The molecule has 0 saturated carbocycles. The van der Waals surface area contributed by atoms with E-state index in [4.69, 9.17) is 0 Å². The monoisotopic (exact) mass is 270 g/mol. The second kappa shape index (κ2) is 5.66. The molecule has 3 atom stereocenters. The lowest BCUT2D eigenvalue weighted by Gasteiger charge is -2.15. The molecule has 0 heterocycles. The van der Waals surface area contributed by atoms with Crippen molar-refractivity contribution in [3.05, 3.63) is 35.4 Å². The fourth-order valence-corrected chi connectivity index (χ4v) is 1.83. The van der Waals surface area contributed by atoms with Crippen LogP contribution < -0.4 is 0 Å². The van der Waals surface area contributed by atoms with Crippen LogP contribution in [0.2, 0.25) is 0 Å². The van der Waals surface area contributed by atoms with Gasteiger partial charge in [-0.25, -0.2) is 0 Å². The highest BCUT2D eigenvalue weighted by atomic mass is 79.9. The van der Waals surface area contributed by atoms with Gasteiger partial charge in [0.25, 0.3) is 0 Å². The van der Waals surface area contributed by atoms with Gasteiger partial charge in [-0.3, -0.25) is 0 Å². The molecule has 0 amide bonds. The number of alkyl halides is 1. The summed E-state index contributed by atoms with van der Waals surface area (Å²) in [5.74, 6) is 0.595. The topological polar surface area (TPSA) is 20.2 Å². The summed E-state index contributed by atoms with van der Waals surface area (Å²) in [6.45, 7) is 6.36. The van der Waals surface area contributed by atoms with Gasteiger partial charge in [-0.1, -0.05) is 54.0 Å². The minimum absolute atomic E-state index is 0.0898. The van der Waals surface area contributed by atoms with Crippen molar-refractivity contribution in [1.29, 1.82) is 0 Å². The van der Waals surface area contributed by atoms with Crippen molar-refractivity contribution in [3.63, 3.8) is 0 Å². The van der Waals surface area contributed by atoms with Gasteiger partial charge in [0.15, 0.2) is 0 Å². The molecule has 1 aromatic rings. The zero-order valence-electron chi connectivity index (χ0n) is 9.57. The molecule has 0 bridgehead atoms. The Hall–Kier alpha value is -0.340. The van der Waals surface area contributed by atoms with Crippen LogP contribution in [0, 0.1) is 0 Å². The van der Waals surface area contributed by atoms with Gasteiger partial charge in [-0.2, -0.15) is 0 Å². The third-order valence-corrected chi connectivity index (χ3v) is 3.40. The van der Waals surface area contributed by atoms with Crippen LogP contribution in [0.1, 0.15) is 50.3 Å². The highest BCUT2D eigenvalue weighted by Gasteiger charge is 2.13. The minimum atomic E-state index is -0.420. The number of aliphatic hydroxyl groups is 1. The number of hydrogen-bond acceptors (Lipinski definition) is 1. The maximum absolute atomic E-state index is 9.84. The quantitative estimate of drug-likeness (QED) is 0.820. The van der Waals surface area contributed by atoms with Crippen LogP contribution in [0.15, 0.2) is 24.3 Å². The molecular formula is C13H19BrO. The summed E-state index contributed by atoms with van der Waals surface area (Å²) in [7, 11) is 0. The minimum Gasteiger partial charge on any atom is -0.387 e. The molecule has 0 aliphatic heterocycles. The lowest BCUT2D eigenvalue weighted by molar-refractivity contribution is 0.181. The van der Waals surface area contributed by atoms with Crippen LogP contribution in [0.5, 0.6) is 0 Å². The molecule has 15 heavy (non-hydrogen) atoms. The first-order valence-electron chi connectivity index (χ1n) is 5.48. The Balaban J connectivity index is 2.80. The van der Waals surface area contributed by atoms with E-state index in [0.717, 1.165) is 12.0 Å². The van der Waals surface area contributed by atoms with Gasteiger partial charge in [-0.05, 0) is 30.4 Å². The fraction of sp³-hybridized carbons (Fsp3) is 0.538. The van der Waals surface area contributed by atoms with Gasteiger partial charge in [-0.15, -0.1) is 0 Å². The van der Waals surface area contributed by atoms with Crippen LogP contribution >= 0.6 is 15.9 Å². The molecule has 0 aliphatic rings. The van der Waals surface area contributed by atoms with E-state index in [1.165, 1.54) is 5.56 Å². The van der Waals surface area contributed by atoms with Gasteiger partial charge in [0.1, 0.15) is 0 Å². The summed E-state index contributed by atoms with van der Waals surface area (Å²) in [5, 5.41) is 9.84. The fourth-order valence-electron chi connectivity index (χ4n) is 1.52. The second-order valence-corrected chi connectivity index (χ2v) is 5.54. The van der Waals surface area contributed by atoms with E-state index in [0.29, 0.717) is 5.92 Å². The van der Waals surface area contributed by atoms with Crippen LogP contribution in [0.3, 0.4) is 0 Å². The van der Waals surface area contributed by atoms with Crippen molar-refractivity contribution >= 4 is 15.9 Å². The first kappa shape index (κ1) is 12.7. The summed E-state index contributed by atoms with van der Waals surface area (Å²) in [4.78, 5) is 0.0898. The predicted octanol–water partition coefficient (Wildman–Crippen LogP) is 4.02. The normalized spacial score (nSPS) is 17.1. The molecule has 1 aromatic carbocycles. The van der Waals surface area contributed by atoms with E-state index in [9.17, 15) is 5.11 Å². The van der Waals surface area contributed by atoms with Crippen LogP contribution in [-0.2, 0) is 0 Å². The van der Waals surface area contributed by atoms with E-state index in [-0.39, 0.29) is 4.83 Å². The molecule has 2 heteroatoms. The molecule has 0 aromatic heterocycles. The average Bonchev–Trinajstić information content (AvgIpc) is 2.27. The molecule has 1 nitrogen and oxygen atoms in total. The third-order valence-electron chi connectivity index (χ3n) is 2.89. The smallest absolute Gasteiger partial charge is 0.0912 e. The zero-order valence-corrected chi connectivity index (χ0v) is 11.2. The van der Waals surface area contributed by atoms with Crippen molar-refractivity contribution in [2.45, 2.75) is 44.0 Å². The number of hydrogen-bond donors (Lipinski definition) is 1. The van der Waals surface area contributed by atoms with Crippen LogP contribution in [0.25, 0.3) is 0 Å². The Morgan fingerprint density at radius 2 is 1.60 bits per heavy atom. The van der Waals surface area contributed by atoms with E-state index < -0.39 is 6.10 Å². The third kappa shape index (κ3) is 3.32. The Morgan fingerprint density at radius 1 is 1.13 bits per heavy atom. The van der Waals surface area contributed by atoms with Gasteiger partial charge < -0.3 is 5.11 Å². The molecule has 0 saturated heterocycles. The van der Waals surface area contributed by atoms with E-state index in [2.05, 4.69) is 41.9 Å². The molecule has 3 unspecified atom stereocenters. The molecule has 0 aliphatic carbocycles. The summed E-state index contributed by atoms with van der Waals surface area (Å²) in [5.41, 5.74) is 2.32. The molecule has 1 N–H and O–H groups in total. The lowest BCUT2D eigenvalue weighted by Crippen LogP contribution is -2.07. The van der Waals surface area contributed by atoms with Gasteiger partial charge in [0, 0.05) is 4.83 Å². The molecule has 0 radical (unpaired) electrons. The average molecular weight is 271 g/mol. The van der Waals surface area contributed by atoms with E-state index in [1.54, 1.807) is 0 Å². The summed E-state index contributed by atoms with van der Waals surface area (Å²) in [6.07, 6.45) is 0.729. The molecule has 84 valence electrons. The van der Waals surface area contributed by atoms with Crippen LogP contribution in [0.4, 0.5) is 0 Å². The molecule has 0 spiro atoms. The van der Waals surface area contributed by atoms with Gasteiger partial charge in [0.2, 0.25) is 0 Å². The number of aliphatic hydroxyl groups excluding tert-OH is 1. The molecule has 0 fully saturated rings.